The van der Waals surface area contributed by atoms with Crippen molar-refractivity contribution in [2.45, 2.75) is 18.4 Å². The predicted octanol–water partition coefficient (Wildman–Crippen LogP) is -0.221. The van der Waals surface area contributed by atoms with Crippen LogP contribution in [0.1, 0.15) is 12.8 Å². The third-order valence-electron chi connectivity index (χ3n) is 2.14. The molecule has 0 amide bonds. The van der Waals surface area contributed by atoms with Gasteiger partial charge in [0.2, 0.25) is 0 Å². The van der Waals surface area contributed by atoms with Crippen molar-refractivity contribution in [2.24, 2.45) is 0 Å². The first-order chi connectivity index (χ1) is 5.54. The zero-order valence-corrected chi connectivity index (χ0v) is 7.76. The van der Waals surface area contributed by atoms with E-state index >= 15 is 0 Å². The van der Waals surface area contributed by atoms with Crippen molar-refractivity contribution in [1.82, 2.24) is 0 Å². The summed E-state index contributed by atoms with van der Waals surface area (Å²) in [5.41, 5.74) is -1.07. The molecule has 0 saturated carbocycles. The molecule has 0 bridgehead atoms. The number of rotatable bonds is 2. The maximum absolute atomic E-state index is 11.1. The van der Waals surface area contributed by atoms with E-state index in [1.807, 2.05) is 0 Å². The molecule has 0 spiro atoms. The standard InChI is InChI=1S/C7H12O4S/c1-11-7(5-8)3-2-4-12(9,10)6-7/h5H,2-4,6H2,1H3. The van der Waals surface area contributed by atoms with Crippen LogP contribution >= 0.6 is 0 Å². The lowest BCUT2D eigenvalue weighted by Crippen LogP contribution is -2.45. The highest BCUT2D eigenvalue weighted by molar-refractivity contribution is 7.91. The zero-order valence-electron chi connectivity index (χ0n) is 6.95. The number of carbonyl (C=O) groups excluding carboxylic acids is 1. The van der Waals surface area contributed by atoms with Crippen LogP contribution in [0.3, 0.4) is 0 Å². The quantitative estimate of drug-likeness (QED) is 0.567. The lowest BCUT2D eigenvalue weighted by atomic mass is 10.0. The first-order valence-electron chi connectivity index (χ1n) is 3.75. The molecular weight excluding hydrogens is 180 g/mol. The molecule has 1 rings (SSSR count). The molecule has 1 atom stereocenters. The minimum atomic E-state index is -3.07. The first kappa shape index (κ1) is 9.67. The van der Waals surface area contributed by atoms with Gasteiger partial charge >= 0.3 is 0 Å². The fourth-order valence-corrected chi connectivity index (χ4v) is 3.21. The van der Waals surface area contributed by atoms with Gasteiger partial charge in [-0.1, -0.05) is 0 Å². The van der Waals surface area contributed by atoms with E-state index in [0.29, 0.717) is 19.1 Å². The summed E-state index contributed by atoms with van der Waals surface area (Å²) >= 11 is 0. The van der Waals surface area contributed by atoms with Gasteiger partial charge in [0.15, 0.2) is 16.1 Å². The molecule has 0 aliphatic carbocycles. The Bertz CT molecular complexity index is 269. The maximum atomic E-state index is 11.1. The molecule has 1 saturated heterocycles. The van der Waals surface area contributed by atoms with Gasteiger partial charge in [0.25, 0.3) is 0 Å². The minimum absolute atomic E-state index is 0.167. The number of carbonyl (C=O) groups is 1. The second kappa shape index (κ2) is 3.14. The van der Waals surface area contributed by atoms with Crippen molar-refractivity contribution in [3.05, 3.63) is 0 Å². The Labute approximate surface area is 71.8 Å². The van der Waals surface area contributed by atoms with Crippen LogP contribution in [-0.4, -0.2) is 38.9 Å². The van der Waals surface area contributed by atoms with Gasteiger partial charge in [0.05, 0.1) is 11.5 Å². The highest BCUT2D eigenvalue weighted by Crippen LogP contribution is 2.23. The molecule has 0 aromatic heterocycles. The van der Waals surface area contributed by atoms with Crippen molar-refractivity contribution in [2.75, 3.05) is 18.6 Å². The fourth-order valence-electron chi connectivity index (χ4n) is 1.41. The molecule has 0 aromatic carbocycles. The Hall–Kier alpha value is -0.420. The van der Waals surface area contributed by atoms with Gasteiger partial charge in [-0.2, -0.15) is 0 Å². The molecule has 1 unspecified atom stereocenters. The Morgan fingerprint density at radius 3 is 2.50 bits per heavy atom. The van der Waals surface area contributed by atoms with Crippen molar-refractivity contribution in [3.8, 4) is 0 Å². The van der Waals surface area contributed by atoms with Crippen molar-refractivity contribution in [1.29, 1.82) is 0 Å². The maximum Gasteiger partial charge on any atom is 0.153 e. The molecule has 4 nitrogen and oxygen atoms in total. The van der Waals surface area contributed by atoms with Gasteiger partial charge < -0.3 is 9.53 Å². The number of sulfone groups is 1. The average molecular weight is 192 g/mol. The molecule has 1 aliphatic rings. The molecule has 0 aromatic rings. The highest BCUT2D eigenvalue weighted by atomic mass is 32.2. The lowest BCUT2D eigenvalue weighted by Gasteiger charge is -2.29. The smallest absolute Gasteiger partial charge is 0.153 e. The second-order valence-corrected chi connectivity index (χ2v) is 5.27. The molecule has 1 aliphatic heterocycles. The van der Waals surface area contributed by atoms with Crippen molar-refractivity contribution in [3.63, 3.8) is 0 Å². The first-order valence-corrected chi connectivity index (χ1v) is 5.58. The molecule has 5 heteroatoms. The van der Waals surface area contributed by atoms with Crippen LogP contribution in [0.25, 0.3) is 0 Å². The van der Waals surface area contributed by atoms with Crippen molar-refractivity contribution >= 4 is 16.1 Å². The normalized spacial score (nSPS) is 34.4. The van der Waals surface area contributed by atoms with E-state index in [4.69, 9.17) is 4.74 Å². The number of aldehydes is 1. The van der Waals surface area contributed by atoms with Gasteiger partial charge in [0, 0.05) is 7.11 Å². The largest absolute Gasteiger partial charge is 0.370 e. The van der Waals surface area contributed by atoms with E-state index in [9.17, 15) is 13.2 Å². The van der Waals surface area contributed by atoms with Crippen LogP contribution in [0.2, 0.25) is 0 Å². The van der Waals surface area contributed by atoms with E-state index in [1.54, 1.807) is 0 Å². The fraction of sp³-hybridized carbons (Fsp3) is 0.857. The summed E-state index contributed by atoms with van der Waals surface area (Å²) in [4.78, 5) is 10.6. The van der Waals surface area contributed by atoms with Gasteiger partial charge in [-0.05, 0) is 12.8 Å². The van der Waals surface area contributed by atoms with Crippen LogP contribution in [0.5, 0.6) is 0 Å². The van der Waals surface area contributed by atoms with E-state index in [2.05, 4.69) is 0 Å². The van der Waals surface area contributed by atoms with Crippen LogP contribution in [0.4, 0.5) is 0 Å². The van der Waals surface area contributed by atoms with E-state index in [1.165, 1.54) is 7.11 Å². The summed E-state index contributed by atoms with van der Waals surface area (Å²) in [7, 11) is -1.70. The van der Waals surface area contributed by atoms with Crippen LogP contribution in [0, 0.1) is 0 Å². The molecule has 12 heavy (non-hydrogen) atoms. The third kappa shape index (κ3) is 1.84. The Kier molecular flexibility index (Phi) is 2.53. The Balaban J connectivity index is 2.86. The van der Waals surface area contributed by atoms with Crippen molar-refractivity contribution < 1.29 is 17.9 Å². The Morgan fingerprint density at radius 1 is 1.50 bits per heavy atom. The molecule has 70 valence electrons. The minimum Gasteiger partial charge on any atom is -0.370 e. The summed E-state index contributed by atoms with van der Waals surface area (Å²) in [6, 6.07) is 0. The second-order valence-electron chi connectivity index (χ2n) is 3.08. The third-order valence-corrected chi connectivity index (χ3v) is 3.98. The number of ether oxygens (including phenoxy) is 1. The highest BCUT2D eigenvalue weighted by Gasteiger charge is 2.38. The average Bonchev–Trinajstić information content (AvgIpc) is 2.02. The number of hydrogen-bond donors (Lipinski definition) is 0. The lowest BCUT2D eigenvalue weighted by molar-refractivity contribution is -0.126. The Morgan fingerprint density at radius 2 is 2.17 bits per heavy atom. The molecule has 1 fully saturated rings. The number of methoxy groups -OCH3 is 1. The zero-order chi connectivity index (χ0) is 9.24. The predicted molar refractivity (Wildman–Crippen MR) is 43.7 cm³/mol. The van der Waals surface area contributed by atoms with E-state index < -0.39 is 15.4 Å². The van der Waals surface area contributed by atoms with Gasteiger partial charge in [0.1, 0.15) is 5.60 Å². The van der Waals surface area contributed by atoms with Gasteiger partial charge in [-0.25, -0.2) is 8.42 Å². The van der Waals surface area contributed by atoms with Crippen LogP contribution in [0.15, 0.2) is 0 Å². The van der Waals surface area contributed by atoms with Crippen LogP contribution in [-0.2, 0) is 19.4 Å². The van der Waals surface area contributed by atoms with Gasteiger partial charge in [-0.15, -0.1) is 0 Å². The molecule has 1 heterocycles. The summed E-state index contributed by atoms with van der Waals surface area (Å²) < 4.78 is 27.2. The summed E-state index contributed by atoms with van der Waals surface area (Å²) in [5, 5.41) is 0. The topological polar surface area (TPSA) is 60.4 Å². The van der Waals surface area contributed by atoms with E-state index in [0.717, 1.165) is 0 Å². The molecular formula is C7H12O4S. The van der Waals surface area contributed by atoms with E-state index in [-0.39, 0.29) is 11.5 Å². The number of hydrogen-bond acceptors (Lipinski definition) is 4. The van der Waals surface area contributed by atoms with Crippen LogP contribution < -0.4 is 0 Å². The summed E-state index contributed by atoms with van der Waals surface area (Å²) in [6.45, 7) is 0. The molecule has 0 N–H and O–H groups in total. The summed E-state index contributed by atoms with van der Waals surface area (Å²) in [6.07, 6.45) is 1.62. The SMILES string of the molecule is COC1(C=O)CCCS(=O)(=O)C1. The van der Waals surface area contributed by atoms with Gasteiger partial charge in [-0.3, -0.25) is 0 Å². The monoisotopic (exact) mass is 192 g/mol. The summed E-state index contributed by atoms with van der Waals surface area (Å²) in [5.74, 6) is 0.00590. The molecule has 0 radical (unpaired) electrons.